The lowest BCUT2D eigenvalue weighted by atomic mass is 9.43. The Bertz CT molecular complexity index is 1260. The van der Waals surface area contributed by atoms with Crippen LogP contribution in [0, 0.1) is 46.3 Å². The maximum absolute atomic E-state index is 13.0. The van der Waals surface area contributed by atoms with Gasteiger partial charge in [-0.3, -0.25) is 4.79 Å². The van der Waals surface area contributed by atoms with E-state index in [-0.39, 0.29) is 43.3 Å². The largest absolute Gasteiger partial charge is 0.463 e. The zero-order chi connectivity index (χ0) is 44.9. The predicted octanol–water partition coefficient (Wildman–Crippen LogP) is 7.15. The Balaban J connectivity index is 0.832. The van der Waals surface area contributed by atoms with Crippen LogP contribution in [0.4, 0.5) is 0 Å². The van der Waals surface area contributed by atoms with Crippen molar-refractivity contribution in [1.29, 1.82) is 0 Å². The molecule has 0 radical (unpaired) electrons. The van der Waals surface area contributed by atoms with Gasteiger partial charge in [-0.1, -0.05) is 20.8 Å². The molecule has 2 unspecified atom stereocenters. The van der Waals surface area contributed by atoms with E-state index in [9.17, 15) is 4.79 Å². The van der Waals surface area contributed by atoms with Gasteiger partial charge in [0.2, 0.25) is 0 Å². The van der Waals surface area contributed by atoms with Crippen LogP contribution in [-0.2, 0) is 61.6 Å². The number of carbonyl (C=O) groups excluding carboxylic acids is 1. The molecule has 6 fully saturated rings. The Morgan fingerprint density at radius 2 is 1.16 bits per heavy atom. The van der Waals surface area contributed by atoms with Gasteiger partial charge in [0.25, 0.3) is 0 Å². The molecule has 2 heterocycles. The third-order valence-electron chi connectivity index (χ3n) is 16.1. The Morgan fingerprint density at radius 3 is 1.70 bits per heavy atom. The van der Waals surface area contributed by atoms with E-state index in [0.717, 1.165) is 64.1 Å². The molecule has 64 heavy (non-hydrogen) atoms. The second-order valence-corrected chi connectivity index (χ2v) is 19.9. The number of aliphatic hydroxyl groups excluding tert-OH is 1. The normalized spacial score (nSPS) is 34.5. The van der Waals surface area contributed by atoms with Gasteiger partial charge in [-0.25, -0.2) is 0 Å². The average Bonchev–Trinajstić information content (AvgIpc) is 3.67. The molecule has 0 amide bonds. The first-order valence-electron chi connectivity index (χ1n) is 25.7. The van der Waals surface area contributed by atoms with Crippen LogP contribution in [0.3, 0.4) is 0 Å². The van der Waals surface area contributed by atoms with Crippen molar-refractivity contribution >= 4 is 5.97 Å². The number of ether oxygens (including phenoxy) is 12. The first-order valence-corrected chi connectivity index (χ1v) is 25.7. The smallest absolute Gasteiger partial charge is 0.305 e. The van der Waals surface area contributed by atoms with E-state index in [1.807, 2.05) is 0 Å². The SMILES string of the molecule is C[C@H](CCC(=O)OCCOCCOCCOCCOCCOCCOCCOCCO)[C@H]1CC[C@H]2[C@@H]3CC[C@@H]4C[C@H](OC5CCCCO5)CC[C@]4(C)[C@H]3C[C@H](OC3CCCCO3)[C@]12C. The standard InChI is InChI=1S/C50H88O14/c1-38(10-15-46(52)60-35-34-59-33-32-58-31-30-57-29-28-56-27-26-55-25-24-54-23-22-53-21-18-51)42-13-14-43-41-12-11-39-36-40(63-47-8-4-6-19-61-47)16-17-49(39,2)44(41)37-45(50(42,43)3)64-48-9-5-7-20-62-48/h38-45,47-48,51H,4-37H2,1-3H3/t38-,39-,40-,41+,42-,43+,44+,45+,47?,48?,49+,50-/m1/s1. The molecule has 1 N–H and O–H groups in total. The minimum Gasteiger partial charge on any atom is -0.463 e. The van der Waals surface area contributed by atoms with Crippen LogP contribution in [0.15, 0.2) is 0 Å². The Kier molecular flexibility index (Phi) is 23.3. The minimum absolute atomic E-state index is 0.00431. The van der Waals surface area contributed by atoms with E-state index in [2.05, 4.69) is 20.8 Å². The van der Waals surface area contributed by atoms with Crippen LogP contribution in [0.2, 0.25) is 0 Å². The fraction of sp³-hybridized carbons (Fsp3) is 0.980. The number of hydrogen-bond acceptors (Lipinski definition) is 14. The highest BCUT2D eigenvalue weighted by molar-refractivity contribution is 5.69. The van der Waals surface area contributed by atoms with Gasteiger partial charge in [-0.15, -0.1) is 0 Å². The van der Waals surface area contributed by atoms with Crippen molar-refractivity contribution in [3.05, 3.63) is 0 Å². The maximum Gasteiger partial charge on any atom is 0.305 e. The first kappa shape index (κ1) is 52.4. The van der Waals surface area contributed by atoms with Crippen molar-refractivity contribution in [3.63, 3.8) is 0 Å². The van der Waals surface area contributed by atoms with E-state index < -0.39 is 0 Å². The Labute approximate surface area is 385 Å². The molecule has 6 aliphatic rings. The van der Waals surface area contributed by atoms with Crippen molar-refractivity contribution in [1.82, 2.24) is 0 Å². The third-order valence-corrected chi connectivity index (χ3v) is 16.1. The summed E-state index contributed by atoms with van der Waals surface area (Å²) in [6, 6.07) is 0. The zero-order valence-corrected chi connectivity index (χ0v) is 40.1. The quantitative estimate of drug-likeness (QED) is 0.0427. The molecule has 14 nitrogen and oxygen atoms in total. The molecule has 2 aliphatic heterocycles. The molecule has 4 aliphatic carbocycles. The topological polar surface area (TPSA) is 148 Å². The molecular formula is C50H88O14. The van der Waals surface area contributed by atoms with E-state index in [4.69, 9.17) is 61.9 Å². The van der Waals surface area contributed by atoms with Gasteiger partial charge in [0.15, 0.2) is 12.6 Å². The Hall–Kier alpha value is -1.01. The van der Waals surface area contributed by atoms with Crippen LogP contribution in [0.5, 0.6) is 0 Å². The highest BCUT2D eigenvalue weighted by Crippen LogP contribution is 2.69. The van der Waals surface area contributed by atoms with Gasteiger partial charge >= 0.3 is 5.97 Å². The maximum atomic E-state index is 13.0. The monoisotopic (exact) mass is 913 g/mol. The fourth-order valence-electron chi connectivity index (χ4n) is 12.8. The molecule has 14 heteroatoms. The zero-order valence-electron chi connectivity index (χ0n) is 40.1. The van der Waals surface area contributed by atoms with Gasteiger partial charge in [0.05, 0.1) is 111 Å². The van der Waals surface area contributed by atoms with Crippen molar-refractivity contribution < 1.29 is 66.7 Å². The molecule has 372 valence electrons. The molecule has 12 atom stereocenters. The second-order valence-electron chi connectivity index (χ2n) is 19.9. The summed E-state index contributed by atoms with van der Waals surface area (Å²) in [5.41, 5.74) is 0.381. The van der Waals surface area contributed by atoms with Crippen LogP contribution >= 0.6 is 0 Å². The molecule has 0 aromatic heterocycles. The van der Waals surface area contributed by atoms with Crippen LogP contribution in [0.25, 0.3) is 0 Å². The van der Waals surface area contributed by atoms with Gasteiger partial charge in [0.1, 0.15) is 6.61 Å². The first-order chi connectivity index (χ1) is 31.3. The number of aliphatic hydroxyl groups is 1. The van der Waals surface area contributed by atoms with Gasteiger partial charge in [-0.05, 0) is 137 Å². The summed E-state index contributed by atoms with van der Waals surface area (Å²) in [6.07, 6.45) is 18.1. The molecule has 0 aromatic rings. The lowest BCUT2D eigenvalue weighted by Gasteiger charge is -2.63. The van der Waals surface area contributed by atoms with Gasteiger partial charge in [0, 0.05) is 25.0 Å². The summed E-state index contributed by atoms with van der Waals surface area (Å²) in [6.45, 7) is 15.9. The van der Waals surface area contributed by atoms with Crippen LogP contribution < -0.4 is 0 Å². The fourth-order valence-corrected chi connectivity index (χ4v) is 12.8. The van der Waals surface area contributed by atoms with E-state index in [1.54, 1.807) is 0 Å². The number of carbonyl (C=O) groups is 1. The van der Waals surface area contributed by atoms with E-state index >= 15 is 0 Å². The number of esters is 1. The van der Waals surface area contributed by atoms with Crippen molar-refractivity contribution in [2.75, 3.05) is 119 Å². The number of fused-ring (bicyclic) bond motifs is 5. The van der Waals surface area contributed by atoms with Gasteiger partial charge < -0.3 is 61.9 Å². The lowest BCUT2D eigenvalue weighted by Crippen LogP contribution is -2.60. The molecule has 4 saturated carbocycles. The second kappa shape index (κ2) is 28.5. The molecule has 0 aromatic carbocycles. The summed E-state index contributed by atoms with van der Waals surface area (Å²) in [5.74, 6) is 3.49. The summed E-state index contributed by atoms with van der Waals surface area (Å²) in [4.78, 5) is 13.0. The Morgan fingerprint density at radius 1 is 0.609 bits per heavy atom. The summed E-state index contributed by atoms with van der Waals surface area (Å²) in [5, 5.41) is 8.65. The van der Waals surface area contributed by atoms with Crippen molar-refractivity contribution in [2.45, 2.75) is 148 Å². The number of hydrogen-bond donors (Lipinski definition) is 1. The average molecular weight is 913 g/mol. The van der Waals surface area contributed by atoms with Crippen LogP contribution in [-0.4, -0.2) is 155 Å². The molecular weight excluding hydrogens is 825 g/mol. The molecule has 2 saturated heterocycles. The van der Waals surface area contributed by atoms with Crippen molar-refractivity contribution in [2.24, 2.45) is 46.3 Å². The van der Waals surface area contributed by atoms with Gasteiger partial charge in [-0.2, -0.15) is 0 Å². The predicted molar refractivity (Wildman–Crippen MR) is 240 cm³/mol. The molecule has 0 spiro atoms. The minimum atomic E-state index is -0.143. The van der Waals surface area contributed by atoms with Crippen molar-refractivity contribution in [3.8, 4) is 0 Å². The summed E-state index contributed by atoms with van der Waals surface area (Å²) >= 11 is 0. The highest BCUT2D eigenvalue weighted by atomic mass is 16.7. The lowest BCUT2D eigenvalue weighted by molar-refractivity contribution is -0.260. The molecule has 6 rings (SSSR count). The number of rotatable bonds is 31. The van der Waals surface area contributed by atoms with E-state index in [1.165, 1.54) is 51.4 Å². The van der Waals surface area contributed by atoms with E-state index in [0.29, 0.717) is 140 Å². The van der Waals surface area contributed by atoms with Crippen LogP contribution in [0.1, 0.15) is 124 Å². The highest BCUT2D eigenvalue weighted by Gasteiger charge is 2.64. The molecule has 0 bridgehead atoms. The summed E-state index contributed by atoms with van der Waals surface area (Å²) < 4.78 is 70.0. The summed E-state index contributed by atoms with van der Waals surface area (Å²) in [7, 11) is 0. The third kappa shape index (κ3) is 15.5.